The van der Waals surface area contributed by atoms with E-state index in [9.17, 15) is 14.4 Å². The Labute approximate surface area is 264 Å². The number of carbonyl (C=O) groups is 3. The molecule has 3 rings (SSSR count). The molecule has 0 atom stereocenters. The highest BCUT2D eigenvalue weighted by molar-refractivity contribution is 5.91. The van der Waals surface area contributed by atoms with E-state index in [2.05, 4.69) is 13.2 Å². The highest BCUT2D eigenvalue weighted by Gasteiger charge is 2.11. The fraction of sp³-hybridized carbons (Fsp3) is 0.306. The summed E-state index contributed by atoms with van der Waals surface area (Å²) in [7, 11) is 0. The van der Waals surface area contributed by atoms with Crippen molar-refractivity contribution in [2.45, 2.75) is 39.0 Å². The lowest BCUT2D eigenvalue weighted by Crippen LogP contribution is -2.10. The number of aryl methyl sites for hydroxylation is 1. The lowest BCUT2D eigenvalue weighted by molar-refractivity contribution is -0.140. The largest absolute Gasteiger partial charge is 0.494 e. The molecule has 0 fully saturated rings. The van der Waals surface area contributed by atoms with Crippen LogP contribution in [0.5, 0.6) is 17.2 Å². The van der Waals surface area contributed by atoms with Gasteiger partial charge in [0, 0.05) is 6.08 Å². The van der Waals surface area contributed by atoms with E-state index in [-0.39, 0.29) is 18.8 Å². The molecule has 0 bridgehead atoms. The molecule has 0 spiro atoms. The van der Waals surface area contributed by atoms with Crippen LogP contribution in [0.25, 0.3) is 11.1 Å². The van der Waals surface area contributed by atoms with Crippen LogP contribution in [-0.2, 0) is 25.5 Å². The topological polar surface area (TPSA) is 118 Å². The fourth-order valence-corrected chi connectivity index (χ4v) is 4.18. The average molecular weight is 617 g/mol. The first-order valence-electron chi connectivity index (χ1n) is 14.9. The first-order chi connectivity index (χ1) is 21.8. The van der Waals surface area contributed by atoms with Crippen LogP contribution in [0.4, 0.5) is 0 Å². The molecule has 3 aromatic carbocycles. The van der Waals surface area contributed by atoms with Gasteiger partial charge in [-0.05, 0) is 97.3 Å². The van der Waals surface area contributed by atoms with Gasteiger partial charge >= 0.3 is 17.9 Å². The Balaban J connectivity index is 1.41. The molecule has 0 aliphatic heterocycles. The first-order valence-corrected chi connectivity index (χ1v) is 14.9. The van der Waals surface area contributed by atoms with Gasteiger partial charge < -0.3 is 28.8 Å². The van der Waals surface area contributed by atoms with E-state index in [0.29, 0.717) is 30.3 Å². The molecule has 9 heteroatoms. The lowest BCUT2D eigenvalue weighted by atomic mass is 10.0. The highest BCUT2D eigenvalue weighted by Crippen LogP contribution is 2.29. The monoisotopic (exact) mass is 616 g/mol. The summed E-state index contributed by atoms with van der Waals surface area (Å²) in [5.41, 5.74) is 3.44. The summed E-state index contributed by atoms with van der Waals surface area (Å²) in [5, 5.41) is 8.85. The third kappa shape index (κ3) is 11.6. The predicted molar refractivity (Wildman–Crippen MR) is 170 cm³/mol. The zero-order valence-corrected chi connectivity index (χ0v) is 25.6. The van der Waals surface area contributed by atoms with Crippen molar-refractivity contribution in [3.05, 3.63) is 103 Å². The van der Waals surface area contributed by atoms with E-state index >= 15 is 0 Å². The van der Waals surface area contributed by atoms with Crippen LogP contribution in [0.2, 0.25) is 0 Å². The molecule has 238 valence electrons. The molecule has 0 amide bonds. The van der Waals surface area contributed by atoms with E-state index in [1.165, 1.54) is 0 Å². The number of aliphatic hydroxyl groups is 1. The maximum absolute atomic E-state index is 12.7. The Kier molecular flexibility index (Phi) is 14.4. The van der Waals surface area contributed by atoms with E-state index in [0.717, 1.165) is 60.6 Å². The summed E-state index contributed by atoms with van der Waals surface area (Å²) >= 11 is 0. The number of aliphatic hydroxyl groups excluding tert-OH is 1. The van der Waals surface area contributed by atoms with Crippen molar-refractivity contribution in [2.24, 2.45) is 0 Å². The third-order valence-corrected chi connectivity index (χ3v) is 6.70. The minimum Gasteiger partial charge on any atom is -0.494 e. The zero-order chi connectivity index (χ0) is 32.4. The number of ether oxygens (including phenoxy) is 5. The molecule has 3 aromatic rings. The number of carbonyl (C=O) groups excluding carboxylic acids is 3. The Morgan fingerprint density at radius 1 is 0.756 bits per heavy atom. The minimum absolute atomic E-state index is 0.0535. The number of rotatable bonds is 19. The smallest absolute Gasteiger partial charge is 0.343 e. The van der Waals surface area contributed by atoms with Gasteiger partial charge in [-0.2, -0.15) is 0 Å². The third-order valence-electron chi connectivity index (χ3n) is 6.70. The molecule has 0 saturated heterocycles. The number of hydrogen-bond donors (Lipinski definition) is 1. The summed E-state index contributed by atoms with van der Waals surface area (Å²) in [6.07, 6.45) is 5.24. The van der Waals surface area contributed by atoms with Crippen molar-refractivity contribution in [1.82, 2.24) is 0 Å². The van der Waals surface area contributed by atoms with Gasteiger partial charge in [-0.3, -0.25) is 0 Å². The van der Waals surface area contributed by atoms with Crippen molar-refractivity contribution in [3.8, 4) is 28.4 Å². The van der Waals surface area contributed by atoms with Crippen LogP contribution in [0, 0.1) is 0 Å². The summed E-state index contributed by atoms with van der Waals surface area (Å²) < 4.78 is 27.1. The Hall–Kier alpha value is -4.89. The Morgan fingerprint density at radius 3 is 2.09 bits per heavy atom. The van der Waals surface area contributed by atoms with Gasteiger partial charge in [-0.15, -0.1) is 0 Å². The van der Waals surface area contributed by atoms with Gasteiger partial charge in [-0.1, -0.05) is 38.3 Å². The maximum atomic E-state index is 12.7. The van der Waals surface area contributed by atoms with Crippen LogP contribution in [-0.4, -0.2) is 56.0 Å². The van der Waals surface area contributed by atoms with Crippen molar-refractivity contribution in [3.63, 3.8) is 0 Å². The van der Waals surface area contributed by atoms with Crippen molar-refractivity contribution in [2.75, 3.05) is 33.0 Å². The van der Waals surface area contributed by atoms with Gasteiger partial charge in [0.2, 0.25) is 0 Å². The van der Waals surface area contributed by atoms with Crippen molar-refractivity contribution >= 4 is 17.9 Å². The van der Waals surface area contributed by atoms with E-state index < -0.39 is 24.5 Å². The molecule has 0 aliphatic rings. The quantitative estimate of drug-likeness (QED) is 0.0719. The van der Waals surface area contributed by atoms with Crippen molar-refractivity contribution in [1.29, 1.82) is 0 Å². The molecule has 1 N–H and O–H groups in total. The van der Waals surface area contributed by atoms with Crippen LogP contribution >= 0.6 is 0 Å². The average Bonchev–Trinajstić information content (AvgIpc) is 3.07. The Bertz CT molecular complexity index is 1430. The highest BCUT2D eigenvalue weighted by atomic mass is 16.6. The second-order valence-electron chi connectivity index (χ2n) is 9.99. The van der Waals surface area contributed by atoms with Gasteiger partial charge in [0.05, 0.1) is 31.0 Å². The summed E-state index contributed by atoms with van der Waals surface area (Å²) in [6, 6.07) is 20.0. The van der Waals surface area contributed by atoms with E-state index in [1.807, 2.05) is 37.3 Å². The van der Waals surface area contributed by atoms with Gasteiger partial charge in [0.1, 0.15) is 30.5 Å². The number of benzene rings is 3. The van der Waals surface area contributed by atoms with E-state index in [1.54, 1.807) is 36.4 Å². The first kappa shape index (κ1) is 34.6. The molecular weight excluding hydrogens is 576 g/mol. The van der Waals surface area contributed by atoms with Crippen LogP contribution < -0.4 is 14.2 Å². The molecule has 0 saturated carbocycles. The molecule has 0 aromatic heterocycles. The van der Waals surface area contributed by atoms with E-state index in [4.69, 9.17) is 28.8 Å². The number of esters is 3. The lowest BCUT2D eigenvalue weighted by Gasteiger charge is -2.13. The maximum Gasteiger partial charge on any atom is 0.343 e. The molecule has 0 aliphatic carbocycles. The zero-order valence-electron chi connectivity index (χ0n) is 25.6. The van der Waals surface area contributed by atoms with Gasteiger partial charge in [-0.25, -0.2) is 14.4 Å². The summed E-state index contributed by atoms with van der Waals surface area (Å²) in [5.74, 6) is 0.312. The minimum atomic E-state index is -0.564. The second kappa shape index (κ2) is 18.7. The standard InChI is InChI=1S/C36H40O9/c1-4-27-24-30(14-19-33(27)42-22-23-43-34(38)5-2)28-10-17-32(18-11-28)45-36(40)29-12-15-31(16-13-29)41-20-8-6-7-9-21-44-35(39)26(3)25-37/h5,10-19,24,37H,2-4,6-9,20-23,25H2,1H3. The molecule has 0 heterocycles. The normalized spacial score (nSPS) is 10.4. The Morgan fingerprint density at radius 2 is 1.42 bits per heavy atom. The summed E-state index contributed by atoms with van der Waals surface area (Å²) in [4.78, 5) is 35.3. The summed E-state index contributed by atoms with van der Waals surface area (Å²) in [6.45, 7) is 9.64. The fourth-order valence-electron chi connectivity index (χ4n) is 4.18. The van der Waals surface area contributed by atoms with Gasteiger partial charge in [0.25, 0.3) is 0 Å². The molecular formula is C36H40O9. The SMILES string of the molecule is C=CC(=O)OCCOc1ccc(-c2ccc(OC(=O)c3ccc(OCCCCCCOC(=O)C(=C)CO)cc3)cc2)cc1CC. The number of unbranched alkanes of at least 4 members (excludes halogenated alkanes) is 3. The van der Waals surface area contributed by atoms with Crippen LogP contribution in [0.15, 0.2) is 91.5 Å². The van der Waals surface area contributed by atoms with Gasteiger partial charge in [0.15, 0.2) is 0 Å². The van der Waals surface area contributed by atoms with Crippen LogP contribution in [0.1, 0.15) is 48.5 Å². The molecule has 0 radical (unpaired) electrons. The van der Waals surface area contributed by atoms with Crippen molar-refractivity contribution < 1.29 is 43.2 Å². The molecule has 9 nitrogen and oxygen atoms in total. The molecule has 0 unspecified atom stereocenters. The van der Waals surface area contributed by atoms with Crippen LogP contribution in [0.3, 0.4) is 0 Å². The molecule has 45 heavy (non-hydrogen) atoms. The second-order valence-corrected chi connectivity index (χ2v) is 9.99. The predicted octanol–water partition coefficient (Wildman–Crippen LogP) is 6.27. The number of hydrogen-bond acceptors (Lipinski definition) is 9.